The fourth-order valence-corrected chi connectivity index (χ4v) is 3.51. The maximum atomic E-state index is 13.2. The average molecular weight is 405 g/mol. The third-order valence-electron chi connectivity index (χ3n) is 5.20. The minimum absolute atomic E-state index is 0.342. The molecule has 0 saturated carbocycles. The molecular weight excluding hydrogens is 381 g/mol. The van der Waals surface area contributed by atoms with Gasteiger partial charge in [0.1, 0.15) is 24.8 Å². The van der Waals surface area contributed by atoms with Crippen LogP contribution in [0.5, 0.6) is 5.75 Å². The van der Waals surface area contributed by atoms with Crippen LogP contribution in [0, 0.1) is 26.6 Å². The van der Waals surface area contributed by atoms with E-state index in [0.717, 1.165) is 44.9 Å². The Hall–Kier alpha value is -3.48. The van der Waals surface area contributed by atoms with Crippen molar-refractivity contribution >= 4 is 5.69 Å². The average Bonchev–Trinajstić information content (AvgIpc) is 3.16. The molecule has 2 aromatic carbocycles. The first-order valence-corrected chi connectivity index (χ1v) is 9.77. The number of hydrogen-bond acceptors (Lipinski definition) is 6. The molecule has 0 spiro atoms. The van der Waals surface area contributed by atoms with Crippen molar-refractivity contribution in [3.63, 3.8) is 0 Å². The number of pyridine rings is 1. The summed E-state index contributed by atoms with van der Waals surface area (Å²) in [5.41, 5.74) is 6.94. The zero-order chi connectivity index (χ0) is 21.3. The van der Waals surface area contributed by atoms with Crippen molar-refractivity contribution in [2.75, 3.05) is 18.7 Å². The summed E-state index contributed by atoms with van der Waals surface area (Å²) in [4.78, 5) is 4.20. The van der Waals surface area contributed by atoms with Crippen LogP contribution in [0.4, 0.5) is 10.1 Å². The number of rotatable bonds is 5. The van der Waals surface area contributed by atoms with Crippen molar-refractivity contribution in [3.8, 4) is 17.0 Å². The molecule has 1 aromatic heterocycles. The highest BCUT2D eigenvalue weighted by molar-refractivity contribution is 5.66. The summed E-state index contributed by atoms with van der Waals surface area (Å²) >= 11 is 0. The van der Waals surface area contributed by atoms with E-state index in [-0.39, 0.29) is 5.82 Å². The smallest absolute Gasteiger partial charge is 0.141 e. The van der Waals surface area contributed by atoms with Gasteiger partial charge in [0, 0.05) is 18.2 Å². The highest BCUT2D eigenvalue weighted by atomic mass is 19.1. The quantitative estimate of drug-likeness (QED) is 0.572. The number of halogens is 1. The van der Waals surface area contributed by atoms with Gasteiger partial charge in [0.15, 0.2) is 0 Å². The first-order valence-electron chi connectivity index (χ1n) is 9.77. The normalized spacial score (nSPS) is 13.2. The van der Waals surface area contributed by atoms with Crippen LogP contribution in [-0.2, 0) is 6.61 Å². The van der Waals surface area contributed by atoms with Gasteiger partial charge < -0.3 is 4.74 Å². The fourth-order valence-electron chi connectivity index (χ4n) is 3.51. The van der Waals surface area contributed by atoms with E-state index in [9.17, 15) is 4.39 Å². The monoisotopic (exact) mass is 405 g/mol. The molecule has 30 heavy (non-hydrogen) atoms. The van der Waals surface area contributed by atoms with Crippen molar-refractivity contribution < 1.29 is 9.13 Å². The second-order valence-corrected chi connectivity index (χ2v) is 7.53. The molecule has 0 fully saturated rings. The molecule has 6 nitrogen and oxygen atoms in total. The highest BCUT2D eigenvalue weighted by Crippen LogP contribution is 2.32. The van der Waals surface area contributed by atoms with Gasteiger partial charge in [-0.2, -0.15) is 0 Å². The van der Waals surface area contributed by atoms with Crippen LogP contribution in [-0.4, -0.2) is 23.7 Å². The lowest BCUT2D eigenvalue weighted by Gasteiger charge is -2.20. The summed E-state index contributed by atoms with van der Waals surface area (Å²) in [6.45, 7) is 7.11. The van der Waals surface area contributed by atoms with Crippen LogP contribution in [0.25, 0.3) is 11.3 Å². The molecule has 0 unspecified atom stereocenters. The van der Waals surface area contributed by atoms with E-state index in [1.165, 1.54) is 12.3 Å². The zero-order valence-corrected chi connectivity index (χ0v) is 17.6. The maximum Gasteiger partial charge on any atom is 0.141 e. The molecule has 1 aliphatic heterocycles. The van der Waals surface area contributed by atoms with Gasteiger partial charge in [0.05, 0.1) is 17.6 Å². The van der Waals surface area contributed by atoms with Crippen molar-refractivity contribution in [2.45, 2.75) is 27.4 Å². The molecule has 0 bridgehead atoms. The number of aryl methyl sites for hydroxylation is 3. The lowest BCUT2D eigenvalue weighted by Crippen LogP contribution is -2.23. The van der Waals surface area contributed by atoms with Crippen LogP contribution < -0.4 is 9.75 Å². The van der Waals surface area contributed by atoms with E-state index >= 15 is 0 Å². The van der Waals surface area contributed by atoms with Crippen LogP contribution in [0.3, 0.4) is 0 Å². The number of aromatic nitrogens is 1. The van der Waals surface area contributed by atoms with E-state index < -0.39 is 0 Å². The van der Waals surface area contributed by atoms with Crippen LogP contribution in [0.15, 0.2) is 59.1 Å². The van der Waals surface area contributed by atoms with Gasteiger partial charge in [-0.25, -0.2) is 9.40 Å². The molecule has 3 aromatic rings. The Morgan fingerprint density at radius 2 is 1.83 bits per heavy atom. The minimum Gasteiger partial charge on any atom is -0.489 e. The summed E-state index contributed by atoms with van der Waals surface area (Å²) in [5, 5.41) is 11.9. The van der Waals surface area contributed by atoms with Crippen molar-refractivity contribution in [1.82, 2.24) is 9.99 Å². The van der Waals surface area contributed by atoms with Crippen LogP contribution >= 0.6 is 0 Å². The molecule has 0 atom stereocenters. The topological polar surface area (TPSA) is 53.3 Å². The molecule has 0 aliphatic carbocycles. The first-order chi connectivity index (χ1) is 14.4. The van der Waals surface area contributed by atoms with E-state index in [1.807, 2.05) is 50.2 Å². The molecule has 0 radical (unpaired) electrons. The van der Waals surface area contributed by atoms with Crippen LogP contribution in [0.1, 0.15) is 22.3 Å². The van der Waals surface area contributed by atoms with E-state index in [2.05, 4.69) is 28.4 Å². The predicted molar refractivity (Wildman–Crippen MR) is 115 cm³/mol. The molecule has 0 saturated heterocycles. The molecule has 154 valence electrons. The number of benzene rings is 2. The number of ether oxygens (including phenoxy) is 1. The minimum atomic E-state index is -0.342. The molecule has 2 heterocycles. The largest absolute Gasteiger partial charge is 0.489 e. The zero-order valence-electron chi connectivity index (χ0n) is 17.6. The van der Waals surface area contributed by atoms with Gasteiger partial charge in [0.25, 0.3) is 0 Å². The summed E-state index contributed by atoms with van der Waals surface area (Å²) in [7, 11) is 1.89. The van der Waals surface area contributed by atoms with Gasteiger partial charge in [-0.1, -0.05) is 17.4 Å². The van der Waals surface area contributed by atoms with Gasteiger partial charge in [-0.15, -0.1) is 0 Å². The Bertz CT molecular complexity index is 1100. The van der Waals surface area contributed by atoms with E-state index in [0.29, 0.717) is 13.3 Å². The van der Waals surface area contributed by atoms with Gasteiger partial charge in [0.2, 0.25) is 0 Å². The Kier molecular flexibility index (Phi) is 5.35. The molecule has 7 heteroatoms. The Morgan fingerprint density at radius 1 is 1.00 bits per heavy atom. The van der Waals surface area contributed by atoms with Crippen molar-refractivity contribution in [3.05, 3.63) is 76.7 Å². The molecule has 4 rings (SSSR count). The Morgan fingerprint density at radius 3 is 2.53 bits per heavy atom. The summed E-state index contributed by atoms with van der Waals surface area (Å²) in [6.07, 6.45) is 1.24. The standard InChI is InChI=1S/C23H24FN5O/c1-15-6-5-7-22(29-14-28(4)26-27-29)20(15)13-30-23-11-16(2)19(10-17(23)3)21-9-8-18(24)12-25-21/h5-12H,13-14H2,1-4H3. The lowest BCUT2D eigenvalue weighted by molar-refractivity contribution is 0.303. The lowest BCUT2D eigenvalue weighted by atomic mass is 10.0. The third kappa shape index (κ3) is 3.96. The van der Waals surface area contributed by atoms with Gasteiger partial charge in [-0.3, -0.25) is 9.99 Å². The molecule has 0 amide bonds. The molecular formula is C23H24FN5O. The number of anilines is 1. The SMILES string of the molecule is Cc1cc(-c2ccc(F)cn2)c(C)cc1OCc1c(C)cccc1N1CN(C)N=N1. The first kappa shape index (κ1) is 19.8. The number of hydrogen-bond donors (Lipinski definition) is 0. The van der Waals surface area contributed by atoms with Gasteiger partial charge in [-0.05, 0) is 73.0 Å². The van der Waals surface area contributed by atoms with Gasteiger partial charge >= 0.3 is 0 Å². The molecule has 0 N–H and O–H groups in total. The summed E-state index contributed by atoms with van der Waals surface area (Å²) < 4.78 is 19.4. The van der Waals surface area contributed by atoms with Crippen molar-refractivity contribution in [1.29, 1.82) is 0 Å². The predicted octanol–water partition coefficient (Wildman–Crippen LogP) is 5.38. The van der Waals surface area contributed by atoms with Crippen LogP contribution in [0.2, 0.25) is 0 Å². The van der Waals surface area contributed by atoms with E-state index in [4.69, 9.17) is 4.74 Å². The number of nitrogens with zero attached hydrogens (tertiary/aromatic N) is 5. The summed E-state index contributed by atoms with van der Waals surface area (Å²) in [6, 6.07) is 13.3. The molecule has 1 aliphatic rings. The van der Waals surface area contributed by atoms with E-state index in [1.54, 1.807) is 11.1 Å². The fraction of sp³-hybridized carbons (Fsp3) is 0.261. The Balaban J connectivity index is 1.58. The summed E-state index contributed by atoms with van der Waals surface area (Å²) in [5.74, 6) is 0.471. The Labute approximate surface area is 175 Å². The van der Waals surface area contributed by atoms with Crippen molar-refractivity contribution in [2.24, 2.45) is 10.4 Å². The third-order valence-corrected chi connectivity index (χ3v) is 5.20. The second kappa shape index (κ2) is 8.10. The second-order valence-electron chi connectivity index (χ2n) is 7.53. The maximum absolute atomic E-state index is 13.2. The highest BCUT2D eigenvalue weighted by Gasteiger charge is 2.19.